The van der Waals surface area contributed by atoms with E-state index in [2.05, 4.69) is 45.2 Å². The Hall–Kier alpha value is -2.31. The Morgan fingerprint density at radius 2 is 2.00 bits per heavy atom. The number of carbonyl (C=O) groups excluding carboxylic acids is 1. The summed E-state index contributed by atoms with van der Waals surface area (Å²) in [6.07, 6.45) is 5.67. The Morgan fingerprint density at radius 3 is 2.69 bits per heavy atom. The maximum absolute atomic E-state index is 12.5. The second-order valence-electron chi connectivity index (χ2n) is 7.24. The number of aromatic nitrogens is 2. The zero-order valence-corrected chi connectivity index (χ0v) is 15.5. The van der Waals surface area contributed by atoms with Gasteiger partial charge in [0, 0.05) is 56.7 Å². The van der Waals surface area contributed by atoms with Crippen LogP contribution in [0.1, 0.15) is 11.3 Å². The maximum atomic E-state index is 12.5. The van der Waals surface area contributed by atoms with Crippen molar-refractivity contribution in [3.63, 3.8) is 0 Å². The van der Waals surface area contributed by atoms with Crippen molar-refractivity contribution in [2.75, 3.05) is 33.7 Å². The van der Waals surface area contributed by atoms with Gasteiger partial charge in [0.1, 0.15) is 0 Å². The van der Waals surface area contributed by atoms with Crippen LogP contribution in [0.4, 0.5) is 0 Å². The number of likely N-dealkylation sites (tertiary alicyclic amines) is 1. The number of amides is 1. The van der Waals surface area contributed by atoms with E-state index in [0.717, 1.165) is 37.4 Å². The lowest BCUT2D eigenvalue weighted by atomic mass is 10.0. The quantitative estimate of drug-likeness (QED) is 0.810. The SMILES string of the molecule is CN(C)C[C@@H]1CN(Cc2ccccn2)C[C@H]1NC(=O)Cc1ccncc1. The van der Waals surface area contributed by atoms with E-state index in [1.54, 1.807) is 12.4 Å². The predicted octanol–water partition coefficient (Wildman–Crippen LogP) is 1.20. The largest absolute Gasteiger partial charge is 0.351 e. The van der Waals surface area contributed by atoms with Crippen LogP contribution in [0, 0.1) is 5.92 Å². The molecule has 26 heavy (non-hydrogen) atoms. The normalized spacial score (nSPS) is 20.4. The second-order valence-corrected chi connectivity index (χ2v) is 7.24. The summed E-state index contributed by atoms with van der Waals surface area (Å²) in [6, 6.07) is 9.94. The third-order valence-electron chi connectivity index (χ3n) is 4.69. The molecule has 2 aromatic heterocycles. The van der Waals surface area contributed by atoms with Gasteiger partial charge in [-0.05, 0) is 43.9 Å². The first kappa shape index (κ1) is 18.5. The summed E-state index contributed by atoms with van der Waals surface area (Å²) >= 11 is 0. The molecule has 0 aliphatic carbocycles. The Balaban J connectivity index is 1.60. The van der Waals surface area contributed by atoms with E-state index in [-0.39, 0.29) is 11.9 Å². The molecule has 1 amide bonds. The zero-order chi connectivity index (χ0) is 18.4. The van der Waals surface area contributed by atoms with Gasteiger partial charge in [-0.1, -0.05) is 6.07 Å². The first-order chi connectivity index (χ1) is 12.6. The van der Waals surface area contributed by atoms with E-state index in [1.807, 2.05) is 30.5 Å². The van der Waals surface area contributed by atoms with Gasteiger partial charge in [0.2, 0.25) is 5.91 Å². The van der Waals surface area contributed by atoms with E-state index in [4.69, 9.17) is 0 Å². The smallest absolute Gasteiger partial charge is 0.224 e. The van der Waals surface area contributed by atoms with Gasteiger partial charge in [-0.25, -0.2) is 0 Å². The lowest BCUT2D eigenvalue weighted by Crippen LogP contribution is -2.44. The predicted molar refractivity (Wildman–Crippen MR) is 101 cm³/mol. The fourth-order valence-corrected chi connectivity index (χ4v) is 3.57. The Kier molecular flexibility index (Phi) is 6.30. The molecule has 138 valence electrons. The lowest BCUT2D eigenvalue weighted by Gasteiger charge is -2.23. The monoisotopic (exact) mass is 353 g/mol. The molecule has 0 aromatic carbocycles. The van der Waals surface area contributed by atoms with Gasteiger partial charge in [0.25, 0.3) is 0 Å². The number of carbonyl (C=O) groups is 1. The Morgan fingerprint density at radius 1 is 1.19 bits per heavy atom. The van der Waals surface area contributed by atoms with Crippen molar-refractivity contribution in [3.05, 3.63) is 60.2 Å². The van der Waals surface area contributed by atoms with Crippen LogP contribution in [0.3, 0.4) is 0 Å². The third-order valence-corrected chi connectivity index (χ3v) is 4.69. The van der Waals surface area contributed by atoms with Gasteiger partial charge in [-0.2, -0.15) is 0 Å². The summed E-state index contributed by atoms with van der Waals surface area (Å²) in [7, 11) is 4.16. The van der Waals surface area contributed by atoms with Crippen molar-refractivity contribution in [3.8, 4) is 0 Å². The van der Waals surface area contributed by atoms with E-state index < -0.39 is 0 Å². The van der Waals surface area contributed by atoms with Crippen LogP contribution < -0.4 is 5.32 Å². The van der Waals surface area contributed by atoms with Crippen molar-refractivity contribution in [2.45, 2.75) is 19.0 Å². The zero-order valence-electron chi connectivity index (χ0n) is 15.5. The molecule has 0 spiro atoms. The molecule has 0 bridgehead atoms. The highest BCUT2D eigenvalue weighted by Crippen LogP contribution is 2.20. The van der Waals surface area contributed by atoms with Crippen molar-refractivity contribution in [1.29, 1.82) is 0 Å². The van der Waals surface area contributed by atoms with Gasteiger partial charge in [0.05, 0.1) is 12.1 Å². The topological polar surface area (TPSA) is 61.4 Å². The molecule has 3 heterocycles. The van der Waals surface area contributed by atoms with Gasteiger partial charge in [-0.3, -0.25) is 19.7 Å². The minimum atomic E-state index is 0.0737. The minimum Gasteiger partial charge on any atom is -0.351 e. The molecule has 3 rings (SSSR count). The van der Waals surface area contributed by atoms with Crippen LogP contribution in [0.25, 0.3) is 0 Å². The number of pyridine rings is 2. The Bertz CT molecular complexity index is 692. The molecule has 0 unspecified atom stereocenters. The number of rotatable bonds is 7. The molecule has 1 aliphatic heterocycles. The van der Waals surface area contributed by atoms with Gasteiger partial charge >= 0.3 is 0 Å². The van der Waals surface area contributed by atoms with Gasteiger partial charge < -0.3 is 10.2 Å². The van der Waals surface area contributed by atoms with E-state index in [9.17, 15) is 4.79 Å². The van der Waals surface area contributed by atoms with E-state index in [0.29, 0.717) is 12.3 Å². The van der Waals surface area contributed by atoms with Crippen molar-refractivity contribution >= 4 is 5.91 Å². The maximum Gasteiger partial charge on any atom is 0.224 e. The molecule has 1 fully saturated rings. The summed E-state index contributed by atoms with van der Waals surface area (Å²) in [5, 5.41) is 3.25. The van der Waals surface area contributed by atoms with E-state index in [1.165, 1.54) is 0 Å². The van der Waals surface area contributed by atoms with Crippen LogP contribution in [0.2, 0.25) is 0 Å². The molecule has 1 saturated heterocycles. The van der Waals surface area contributed by atoms with Crippen LogP contribution >= 0.6 is 0 Å². The van der Waals surface area contributed by atoms with Crippen LogP contribution in [-0.4, -0.2) is 65.4 Å². The molecule has 2 aromatic rings. The third kappa shape index (κ3) is 5.34. The molecule has 1 aliphatic rings. The number of nitrogens with one attached hydrogen (secondary N) is 1. The van der Waals surface area contributed by atoms with Gasteiger partial charge in [-0.15, -0.1) is 0 Å². The first-order valence-corrected chi connectivity index (χ1v) is 9.05. The molecule has 2 atom stereocenters. The average molecular weight is 353 g/mol. The Labute approximate surface area is 155 Å². The van der Waals surface area contributed by atoms with Crippen molar-refractivity contribution in [2.24, 2.45) is 5.92 Å². The average Bonchev–Trinajstić information content (AvgIpc) is 2.96. The van der Waals surface area contributed by atoms with Crippen LogP contribution in [-0.2, 0) is 17.8 Å². The highest BCUT2D eigenvalue weighted by atomic mass is 16.1. The molecule has 1 N–H and O–H groups in total. The molecular formula is C20H27N5O. The fraction of sp³-hybridized carbons (Fsp3) is 0.450. The van der Waals surface area contributed by atoms with Crippen LogP contribution in [0.15, 0.2) is 48.9 Å². The number of hydrogen-bond acceptors (Lipinski definition) is 5. The number of hydrogen-bond donors (Lipinski definition) is 1. The van der Waals surface area contributed by atoms with Crippen molar-refractivity contribution < 1.29 is 4.79 Å². The first-order valence-electron chi connectivity index (χ1n) is 9.05. The molecule has 6 heteroatoms. The molecule has 0 saturated carbocycles. The molecule has 0 radical (unpaired) electrons. The summed E-state index contributed by atoms with van der Waals surface area (Å²) in [4.78, 5) is 25.5. The fourth-order valence-electron chi connectivity index (χ4n) is 3.57. The lowest BCUT2D eigenvalue weighted by molar-refractivity contribution is -0.121. The highest BCUT2D eigenvalue weighted by Gasteiger charge is 2.34. The summed E-state index contributed by atoms with van der Waals surface area (Å²) in [6.45, 7) is 3.60. The second kappa shape index (κ2) is 8.87. The van der Waals surface area contributed by atoms with Crippen LogP contribution in [0.5, 0.6) is 0 Å². The summed E-state index contributed by atoms with van der Waals surface area (Å²) in [5.74, 6) is 0.486. The summed E-state index contributed by atoms with van der Waals surface area (Å²) < 4.78 is 0. The molecular weight excluding hydrogens is 326 g/mol. The molecule has 6 nitrogen and oxygen atoms in total. The highest BCUT2D eigenvalue weighted by molar-refractivity contribution is 5.78. The standard InChI is InChI=1S/C20H27N5O/c1-24(2)12-17-13-25(14-18-5-3-4-8-22-18)15-19(17)23-20(26)11-16-6-9-21-10-7-16/h3-10,17,19H,11-15H2,1-2H3,(H,23,26)/t17-,19-/m1/s1. The van der Waals surface area contributed by atoms with E-state index >= 15 is 0 Å². The summed E-state index contributed by atoms with van der Waals surface area (Å²) in [5.41, 5.74) is 2.06. The minimum absolute atomic E-state index is 0.0737. The van der Waals surface area contributed by atoms with Gasteiger partial charge in [0.15, 0.2) is 0 Å². The van der Waals surface area contributed by atoms with Crippen molar-refractivity contribution in [1.82, 2.24) is 25.1 Å². The number of nitrogens with zero attached hydrogens (tertiary/aromatic N) is 4.